The minimum Gasteiger partial charge on any atom is -0.366 e. The average molecular weight is 296 g/mol. The molecule has 22 heavy (non-hydrogen) atoms. The normalized spacial score (nSPS) is 10.5. The van der Waals surface area contributed by atoms with Crippen molar-refractivity contribution in [2.24, 2.45) is 5.73 Å². The number of nitrogens with two attached hydrogens (primary N) is 1. The van der Waals surface area contributed by atoms with Gasteiger partial charge in [-0.25, -0.2) is 4.79 Å². The molecule has 7 heteroatoms. The van der Waals surface area contributed by atoms with Gasteiger partial charge in [0.1, 0.15) is 0 Å². The summed E-state index contributed by atoms with van der Waals surface area (Å²) in [4.78, 5) is 39.6. The molecule has 0 radical (unpaired) electrons. The van der Waals surface area contributed by atoms with E-state index >= 15 is 0 Å². The number of hydrogen-bond donors (Lipinski definition) is 4. The minimum absolute atomic E-state index is 0.305. The molecule has 110 valence electrons. The van der Waals surface area contributed by atoms with Crippen LogP contribution >= 0.6 is 0 Å². The molecule has 7 nitrogen and oxygen atoms in total. The second kappa shape index (κ2) is 5.21. The first-order valence-electron chi connectivity index (χ1n) is 6.46. The van der Waals surface area contributed by atoms with Gasteiger partial charge in [0.05, 0.1) is 11.0 Å². The van der Waals surface area contributed by atoms with Crippen LogP contribution in [0.1, 0.15) is 20.7 Å². The Morgan fingerprint density at radius 2 is 1.55 bits per heavy atom. The zero-order chi connectivity index (χ0) is 15.7. The van der Waals surface area contributed by atoms with Crippen LogP contribution in [-0.2, 0) is 0 Å². The maximum absolute atomic E-state index is 12.1. The summed E-state index contributed by atoms with van der Waals surface area (Å²) < 4.78 is 0. The van der Waals surface area contributed by atoms with Gasteiger partial charge in [0.15, 0.2) is 0 Å². The quantitative estimate of drug-likeness (QED) is 0.581. The Labute approximate surface area is 124 Å². The molecule has 0 unspecified atom stereocenters. The second-order valence-corrected chi connectivity index (χ2v) is 4.74. The highest BCUT2D eigenvalue weighted by Gasteiger charge is 2.08. The molecule has 0 fully saturated rings. The molecular weight excluding hydrogens is 284 g/mol. The van der Waals surface area contributed by atoms with Crippen LogP contribution in [0, 0.1) is 0 Å². The van der Waals surface area contributed by atoms with Crippen molar-refractivity contribution in [2.45, 2.75) is 0 Å². The molecule has 1 heterocycles. The van der Waals surface area contributed by atoms with Gasteiger partial charge >= 0.3 is 5.69 Å². The van der Waals surface area contributed by atoms with Gasteiger partial charge in [-0.05, 0) is 42.5 Å². The monoisotopic (exact) mass is 296 g/mol. The molecule has 0 aliphatic rings. The number of aromatic nitrogens is 2. The topological polar surface area (TPSA) is 121 Å². The van der Waals surface area contributed by atoms with Gasteiger partial charge in [0.2, 0.25) is 5.91 Å². The number of anilines is 1. The van der Waals surface area contributed by atoms with Gasteiger partial charge in [-0.15, -0.1) is 0 Å². The summed E-state index contributed by atoms with van der Waals surface area (Å²) >= 11 is 0. The largest absolute Gasteiger partial charge is 0.366 e. The van der Waals surface area contributed by atoms with Crippen LogP contribution in [-0.4, -0.2) is 21.8 Å². The Morgan fingerprint density at radius 1 is 0.909 bits per heavy atom. The molecule has 0 aliphatic carbocycles. The van der Waals surface area contributed by atoms with E-state index in [1.165, 1.54) is 24.3 Å². The Morgan fingerprint density at radius 3 is 2.23 bits per heavy atom. The molecular formula is C15H12N4O3. The molecule has 3 rings (SSSR count). The Hall–Kier alpha value is -3.35. The number of benzene rings is 2. The van der Waals surface area contributed by atoms with Crippen LogP contribution in [0.2, 0.25) is 0 Å². The highest BCUT2D eigenvalue weighted by Crippen LogP contribution is 2.15. The van der Waals surface area contributed by atoms with E-state index in [2.05, 4.69) is 15.3 Å². The predicted molar refractivity (Wildman–Crippen MR) is 81.8 cm³/mol. The molecule has 5 N–H and O–H groups in total. The van der Waals surface area contributed by atoms with Gasteiger partial charge < -0.3 is 21.0 Å². The summed E-state index contributed by atoms with van der Waals surface area (Å²) in [5.74, 6) is -0.873. The molecule has 0 atom stereocenters. The highest BCUT2D eigenvalue weighted by molar-refractivity contribution is 6.05. The van der Waals surface area contributed by atoms with Crippen LogP contribution in [0.5, 0.6) is 0 Å². The maximum Gasteiger partial charge on any atom is 0.323 e. The van der Waals surface area contributed by atoms with Gasteiger partial charge in [-0.2, -0.15) is 0 Å². The number of rotatable bonds is 3. The van der Waals surface area contributed by atoms with Crippen molar-refractivity contribution in [1.29, 1.82) is 0 Å². The lowest BCUT2D eigenvalue weighted by molar-refractivity contribution is 0.0995. The zero-order valence-electron chi connectivity index (χ0n) is 11.3. The third kappa shape index (κ3) is 2.59. The van der Waals surface area contributed by atoms with E-state index in [0.29, 0.717) is 27.8 Å². The zero-order valence-corrected chi connectivity index (χ0v) is 11.3. The number of carbonyl (C=O) groups excluding carboxylic acids is 2. The SMILES string of the molecule is NC(=O)c1ccc(C(=O)Nc2ccc3[nH]c(=O)[nH]c3c2)cc1. The number of imidazole rings is 1. The van der Waals surface area contributed by atoms with Gasteiger partial charge in [-0.3, -0.25) is 9.59 Å². The van der Waals surface area contributed by atoms with Crippen molar-refractivity contribution in [3.8, 4) is 0 Å². The van der Waals surface area contributed by atoms with Crippen molar-refractivity contribution < 1.29 is 9.59 Å². The average Bonchev–Trinajstić information content (AvgIpc) is 2.86. The Kier molecular flexibility index (Phi) is 3.23. The van der Waals surface area contributed by atoms with Crippen molar-refractivity contribution in [3.05, 3.63) is 64.1 Å². The lowest BCUT2D eigenvalue weighted by Crippen LogP contribution is -2.14. The number of H-pyrrole nitrogens is 2. The molecule has 0 saturated heterocycles. The van der Waals surface area contributed by atoms with E-state index in [1.807, 2.05) is 0 Å². The molecule has 1 aromatic heterocycles. The summed E-state index contributed by atoms with van der Waals surface area (Å²) in [6, 6.07) is 11.1. The summed E-state index contributed by atoms with van der Waals surface area (Å²) in [6.07, 6.45) is 0. The summed E-state index contributed by atoms with van der Waals surface area (Å²) in [6.45, 7) is 0. The number of primary amides is 1. The fourth-order valence-electron chi connectivity index (χ4n) is 2.10. The first-order chi connectivity index (χ1) is 10.5. The number of hydrogen-bond acceptors (Lipinski definition) is 3. The Bertz CT molecular complexity index is 922. The van der Waals surface area contributed by atoms with Gasteiger partial charge in [0.25, 0.3) is 5.91 Å². The predicted octanol–water partition coefficient (Wildman–Crippen LogP) is 1.21. The molecule has 2 amide bonds. The van der Waals surface area contributed by atoms with E-state index in [-0.39, 0.29) is 11.6 Å². The number of fused-ring (bicyclic) bond motifs is 1. The van der Waals surface area contributed by atoms with Crippen LogP contribution in [0.4, 0.5) is 5.69 Å². The standard InChI is InChI=1S/C15H12N4O3/c16-13(20)8-1-3-9(4-2-8)14(21)17-10-5-6-11-12(7-10)19-15(22)18-11/h1-7H,(H2,16,20)(H,17,21)(H2,18,19,22). The first kappa shape index (κ1) is 13.6. The van der Waals surface area contributed by atoms with E-state index in [4.69, 9.17) is 5.73 Å². The van der Waals surface area contributed by atoms with E-state index in [9.17, 15) is 14.4 Å². The molecule has 0 spiro atoms. The van der Waals surface area contributed by atoms with Crippen LogP contribution in [0.15, 0.2) is 47.3 Å². The number of carbonyl (C=O) groups is 2. The fraction of sp³-hybridized carbons (Fsp3) is 0. The van der Waals surface area contributed by atoms with Crippen molar-refractivity contribution in [3.63, 3.8) is 0 Å². The summed E-state index contributed by atoms with van der Waals surface area (Å²) in [5, 5.41) is 2.72. The van der Waals surface area contributed by atoms with Crippen molar-refractivity contribution >= 4 is 28.5 Å². The molecule has 0 aliphatic heterocycles. The number of aromatic amines is 2. The van der Waals surface area contributed by atoms with Crippen molar-refractivity contribution in [1.82, 2.24) is 9.97 Å². The molecule has 2 aromatic carbocycles. The van der Waals surface area contributed by atoms with E-state index in [0.717, 1.165) is 0 Å². The van der Waals surface area contributed by atoms with Crippen LogP contribution in [0.3, 0.4) is 0 Å². The van der Waals surface area contributed by atoms with E-state index in [1.54, 1.807) is 18.2 Å². The highest BCUT2D eigenvalue weighted by atomic mass is 16.2. The lowest BCUT2D eigenvalue weighted by atomic mass is 10.1. The third-order valence-corrected chi connectivity index (χ3v) is 3.21. The first-order valence-corrected chi connectivity index (χ1v) is 6.46. The van der Waals surface area contributed by atoms with Crippen molar-refractivity contribution in [2.75, 3.05) is 5.32 Å². The van der Waals surface area contributed by atoms with Crippen LogP contribution < -0.4 is 16.7 Å². The molecule has 3 aromatic rings. The van der Waals surface area contributed by atoms with Gasteiger partial charge in [-0.1, -0.05) is 0 Å². The number of nitrogens with one attached hydrogen (secondary N) is 3. The number of amides is 2. The summed E-state index contributed by atoms with van der Waals surface area (Å²) in [5.41, 5.74) is 7.39. The van der Waals surface area contributed by atoms with E-state index < -0.39 is 5.91 Å². The summed E-state index contributed by atoms with van der Waals surface area (Å²) in [7, 11) is 0. The lowest BCUT2D eigenvalue weighted by Gasteiger charge is -2.05. The molecule has 0 bridgehead atoms. The van der Waals surface area contributed by atoms with Crippen LogP contribution in [0.25, 0.3) is 11.0 Å². The minimum atomic E-state index is -0.547. The molecule has 0 saturated carbocycles. The fourth-order valence-corrected chi connectivity index (χ4v) is 2.10. The smallest absolute Gasteiger partial charge is 0.323 e. The second-order valence-electron chi connectivity index (χ2n) is 4.74. The third-order valence-electron chi connectivity index (χ3n) is 3.21. The Balaban J connectivity index is 1.82. The maximum atomic E-state index is 12.1. The van der Waals surface area contributed by atoms with Gasteiger partial charge in [0, 0.05) is 16.8 Å².